The van der Waals surface area contributed by atoms with Crippen LogP contribution < -0.4 is 10.7 Å². The average Bonchev–Trinajstić information content (AvgIpc) is 2.77. The molecule has 0 aromatic heterocycles. The number of rotatable bonds is 5. The zero-order chi connectivity index (χ0) is 20.9. The molecule has 4 aromatic rings. The largest absolute Gasteiger partial charge is 0.343 e. The van der Waals surface area contributed by atoms with Crippen molar-refractivity contribution < 1.29 is 9.59 Å². The van der Waals surface area contributed by atoms with Gasteiger partial charge >= 0.3 is 0 Å². The summed E-state index contributed by atoms with van der Waals surface area (Å²) in [7, 11) is 0. The normalized spacial score (nSPS) is 11.1. The van der Waals surface area contributed by atoms with Gasteiger partial charge in [0.05, 0.1) is 12.8 Å². The Morgan fingerprint density at radius 2 is 1.47 bits per heavy atom. The number of benzene rings is 4. The van der Waals surface area contributed by atoms with Crippen LogP contribution in [0.3, 0.4) is 0 Å². The molecule has 0 atom stereocenters. The van der Waals surface area contributed by atoms with E-state index in [-0.39, 0.29) is 12.5 Å². The van der Waals surface area contributed by atoms with Crippen molar-refractivity contribution in [2.45, 2.75) is 6.92 Å². The second-order valence-corrected chi connectivity index (χ2v) is 7.07. The molecule has 5 heteroatoms. The summed E-state index contributed by atoms with van der Waals surface area (Å²) in [6.07, 6.45) is 1.66. The Bertz CT molecular complexity index is 1210. The summed E-state index contributed by atoms with van der Waals surface area (Å²) in [4.78, 5) is 24.2. The topological polar surface area (TPSA) is 70.6 Å². The molecular weight excluding hydrogens is 374 g/mol. The first kappa shape index (κ1) is 19.3. The summed E-state index contributed by atoms with van der Waals surface area (Å²) in [6.45, 7) is 1.80. The highest BCUT2D eigenvalue weighted by atomic mass is 16.2. The second-order valence-electron chi connectivity index (χ2n) is 7.07. The molecule has 0 spiro atoms. The molecule has 0 aliphatic carbocycles. The van der Waals surface area contributed by atoms with Crippen LogP contribution in [-0.4, -0.2) is 24.6 Å². The van der Waals surface area contributed by atoms with Gasteiger partial charge in [-0.1, -0.05) is 66.2 Å². The lowest BCUT2D eigenvalue weighted by Gasteiger charge is -2.08. The summed E-state index contributed by atoms with van der Waals surface area (Å²) < 4.78 is 0. The molecule has 5 nitrogen and oxygen atoms in total. The first-order chi connectivity index (χ1) is 14.6. The maximum absolute atomic E-state index is 12.1. The second kappa shape index (κ2) is 8.57. The molecule has 0 radical (unpaired) electrons. The van der Waals surface area contributed by atoms with Crippen LogP contribution >= 0.6 is 0 Å². The van der Waals surface area contributed by atoms with Gasteiger partial charge < -0.3 is 5.32 Å². The van der Waals surface area contributed by atoms with Crippen molar-refractivity contribution in [1.29, 1.82) is 0 Å². The molecule has 0 aliphatic heterocycles. The van der Waals surface area contributed by atoms with Gasteiger partial charge in [-0.15, -0.1) is 0 Å². The summed E-state index contributed by atoms with van der Waals surface area (Å²) in [5.74, 6) is -0.689. The number of amides is 2. The Morgan fingerprint density at radius 1 is 0.867 bits per heavy atom. The molecule has 0 aliphatic rings. The maximum atomic E-state index is 12.1. The van der Waals surface area contributed by atoms with E-state index in [1.54, 1.807) is 18.3 Å². The summed E-state index contributed by atoms with van der Waals surface area (Å²) >= 11 is 0. The lowest BCUT2D eigenvalue weighted by atomic mass is 9.97. The number of carbonyl (C=O) groups excluding carboxylic acids is 2. The number of nitrogens with zero attached hydrogens (tertiary/aromatic N) is 1. The maximum Gasteiger partial charge on any atom is 0.259 e. The third-order valence-electron chi connectivity index (χ3n) is 4.92. The molecule has 4 aromatic carbocycles. The standard InChI is InChI=1S/C25H21N3O2/c1-17-10-12-18(13-11-17)25(30)26-16-24(29)28-27-15-23-21-8-4-2-6-19(21)14-20-7-3-5-9-22(20)23/h2-15H,16H2,1H3,(H,26,30)(H,28,29)/b27-15-. The molecule has 2 amide bonds. The summed E-state index contributed by atoms with van der Waals surface area (Å²) in [5, 5.41) is 11.1. The minimum atomic E-state index is -0.392. The first-order valence-electron chi connectivity index (χ1n) is 9.69. The van der Waals surface area contributed by atoms with Crippen LogP contribution in [0.4, 0.5) is 0 Å². The van der Waals surface area contributed by atoms with Crippen LogP contribution in [0.15, 0.2) is 84.0 Å². The van der Waals surface area contributed by atoms with Gasteiger partial charge in [0.25, 0.3) is 11.8 Å². The highest BCUT2D eigenvalue weighted by Gasteiger charge is 2.08. The zero-order valence-corrected chi connectivity index (χ0v) is 16.6. The van der Waals surface area contributed by atoms with Crippen molar-refractivity contribution in [2.24, 2.45) is 5.10 Å². The number of hydrogen-bond donors (Lipinski definition) is 2. The zero-order valence-electron chi connectivity index (χ0n) is 16.6. The molecular formula is C25H21N3O2. The van der Waals surface area contributed by atoms with Gasteiger partial charge in [0.2, 0.25) is 0 Å². The quantitative estimate of drug-likeness (QED) is 0.302. The summed E-state index contributed by atoms with van der Waals surface area (Å²) in [5.41, 5.74) is 5.01. The Balaban J connectivity index is 1.46. The van der Waals surface area contributed by atoms with Gasteiger partial charge in [0.1, 0.15) is 0 Å². The van der Waals surface area contributed by atoms with Gasteiger partial charge in [0, 0.05) is 11.1 Å². The van der Waals surface area contributed by atoms with Crippen molar-refractivity contribution in [3.63, 3.8) is 0 Å². The van der Waals surface area contributed by atoms with Gasteiger partial charge in [-0.3, -0.25) is 9.59 Å². The van der Waals surface area contributed by atoms with E-state index >= 15 is 0 Å². The third-order valence-corrected chi connectivity index (χ3v) is 4.92. The van der Waals surface area contributed by atoms with Crippen LogP contribution in [0.25, 0.3) is 21.5 Å². The fraction of sp³-hybridized carbons (Fsp3) is 0.0800. The van der Waals surface area contributed by atoms with Gasteiger partial charge in [-0.2, -0.15) is 5.10 Å². The average molecular weight is 395 g/mol. The smallest absolute Gasteiger partial charge is 0.259 e. The lowest BCUT2D eigenvalue weighted by molar-refractivity contribution is -0.120. The predicted octanol–water partition coefficient (Wildman–Crippen LogP) is 4.18. The number of fused-ring (bicyclic) bond motifs is 2. The molecule has 0 bridgehead atoms. The van der Waals surface area contributed by atoms with E-state index in [4.69, 9.17) is 0 Å². The van der Waals surface area contributed by atoms with E-state index in [0.717, 1.165) is 32.7 Å². The van der Waals surface area contributed by atoms with E-state index in [1.807, 2.05) is 55.5 Å². The van der Waals surface area contributed by atoms with Crippen LogP contribution in [-0.2, 0) is 4.79 Å². The number of hydrazone groups is 1. The Kier molecular flexibility index (Phi) is 5.52. The monoisotopic (exact) mass is 395 g/mol. The molecule has 148 valence electrons. The Hall–Kier alpha value is -3.99. The number of hydrogen-bond acceptors (Lipinski definition) is 3. The molecule has 2 N–H and O–H groups in total. The number of aryl methyl sites for hydroxylation is 1. The fourth-order valence-electron chi connectivity index (χ4n) is 3.36. The fourth-order valence-corrected chi connectivity index (χ4v) is 3.36. The van der Waals surface area contributed by atoms with E-state index < -0.39 is 5.91 Å². The van der Waals surface area contributed by atoms with Crippen molar-refractivity contribution in [1.82, 2.24) is 10.7 Å². The predicted molar refractivity (Wildman–Crippen MR) is 121 cm³/mol. The molecule has 0 unspecified atom stereocenters. The molecule has 0 fully saturated rings. The van der Waals surface area contributed by atoms with Crippen molar-refractivity contribution in [2.75, 3.05) is 6.54 Å². The van der Waals surface area contributed by atoms with Gasteiger partial charge in [-0.05, 0) is 46.7 Å². The van der Waals surface area contributed by atoms with Crippen LogP contribution in [0.2, 0.25) is 0 Å². The van der Waals surface area contributed by atoms with Crippen LogP contribution in [0.5, 0.6) is 0 Å². The minimum Gasteiger partial charge on any atom is -0.343 e. The SMILES string of the molecule is Cc1ccc(C(=O)NCC(=O)N/N=C\c2c3ccccc3cc3ccccc23)cc1. The van der Waals surface area contributed by atoms with E-state index in [9.17, 15) is 9.59 Å². The van der Waals surface area contributed by atoms with Crippen molar-refractivity contribution >= 4 is 39.6 Å². The molecule has 0 saturated heterocycles. The van der Waals surface area contributed by atoms with Crippen LogP contribution in [0.1, 0.15) is 21.5 Å². The molecule has 4 rings (SSSR count). The van der Waals surface area contributed by atoms with Crippen molar-refractivity contribution in [3.8, 4) is 0 Å². The Labute approximate surface area is 174 Å². The minimum absolute atomic E-state index is 0.152. The Morgan fingerprint density at radius 3 is 2.10 bits per heavy atom. The first-order valence-corrected chi connectivity index (χ1v) is 9.69. The van der Waals surface area contributed by atoms with Crippen LogP contribution in [0, 0.1) is 6.92 Å². The summed E-state index contributed by atoms with van der Waals surface area (Å²) in [6, 6.07) is 25.4. The highest BCUT2D eigenvalue weighted by Crippen LogP contribution is 2.27. The van der Waals surface area contributed by atoms with E-state index in [1.165, 1.54) is 0 Å². The third kappa shape index (κ3) is 4.20. The van der Waals surface area contributed by atoms with E-state index in [0.29, 0.717) is 5.56 Å². The van der Waals surface area contributed by atoms with Gasteiger partial charge in [-0.25, -0.2) is 5.43 Å². The molecule has 0 heterocycles. The lowest BCUT2D eigenvalue weighted by Crippen LogP contribution is -2.34. The highest BCUT2D eigenvalue weighted by molar-refractivity contribution is 6.13. The van der Waals surface area contributed by atoms with Gasteiger partial charge in [0.15, 0.2) is 0 Å². The van der Waals surface area contributed by atoms with E-state index in [2.05, 4.69) is 34.0 Å². The van der Waals surface area contributed by atoms with Crippen molar-refractivity contribution in [3.05, 3.63) is 95.6 Å². The molecule has 0 saturated carbocycles. The number of carbonyl (C=O) groups is 2. The molecule has 30 heavy (non-hydrogen) atoms. The number of nitrogens with one attached hydrogen (secondary N) is 2.